The van der Waals surface area contributed by atoms with Crippen molar-refractivity contribution in [3.8, 4) is 0 Å². The molecule has 3 nitrogen and oxygen atoms in total. The molecule has 0 aliphatic heterocycles. The van der Waals surface area contributed by atoms with Crippen LogP contribution in [0.25, 0.3) is 0 Å². The first-order valence-corrected chi connectivity index (χ1v) is 4.03. The van der Waals surface area contributed by atoms with Gasteiger partial charge in [-0.1, -0.05) is 15.9 Å². The van der Waals surface area contributed by atoms with Gasteiger partial charge in [-0.2, -0.15) is 0 Å². The highest BCUT2D eigenvalue weighted by atomic mass is 79.9. The van der Waals surface area contributed by atoms with E-state index < -0.39 is 17.3 Å². The third-order valence-electron chi connectivity index (χ3n) is 1.43. The topological polar surface area (TPSA) is 54.4 Å². The highest BCUT2D eigenvalue weighted by Gasteiger charge is 2.16. The summed E-state index contributed by atoms with van der Waals surface area (Å²) in [7, 11) is 0. The molecule has 0 bridgehead atoms. The lowest BCUT2D eigenvalue weighted by Gasteiger charge is -2.01. The fourth-order valence-electron chi connectivity index (χ4n) is 0.912. The van der Waals surface area contributed by atoms with E-state index in [9.17, 15) is 14.0 Å². The van der Waals surface area contributed by atoms with Crippen LogP contribution in [0.1, 0.15) is 20.7 Å². The fourth-order valence-corrected chi connectivity index (χ4v) is 1.36. The summed E-state index contributed by atoms with van der Waals surface area (Å²) in [4.78, 5) is 20.9. The number of carbonyl (C=O) groups excluding carboxylic acids is 1. The first-order chi connectivity index (χ1) is 6.06. The van der Waals surface area contributed by atoms with Gasteiger partial charge in [0, 0.05) is 10.0 Å². The highest BCUT2D eigenvalue weighted by Crippen LogP contribution is 2.19. The van der Waals surface area contributed by atoms with E-state index in [0.29, 0.717) is 10.8 Å². The minimum absolute atomic E-state index is 0.181. The van der Waals surface area contributed by atoms with E-state index in [1.54, 1.807) is 0 Å². The molecule has 0 saturated heterocycles. The number of aldehydes is 1. The summed E-state index contributed by atoms with van der Waals surface area (Å²) in [6, 6.07) is 2.25. The SMILES string of the molecule is O=Cc1cc(Br)cc(F)c1C(=O)O. The van der Waals surface area contributed by atoms with E-state index in [0.717, 1.165) is 6.07 Å². The summed E-state index contributed by atoms with van der Waals surface area (Å²) >= 11 is 2.95. The second-order valence-corrected chi connectivity index (χ2v) is 3.19. The second kappa shape index (κ2) is 3.66. The predicted octanol–water partition coefficient (Wildman–Crippen LogP) is 2.10. The lowest BCUT2D eigenvalue weighted by molar-refractivity contribution is 0.0689. The fraction of sp³-hybridized carbons (Fsp3) is 0. The molecule has 5 heteroatoms. The third kappa shape index (κ3) is 1.92. The molecular weight excluding hydrogens is 243 g/mol. The summed E-state index contributed by atoms with van der Waals surface area (Å²) < 4.78 is 13.3. The average Bonchev–Trinajstić information content (AvgIpc) is 2.01. The zero-order valence-electron chi connectivity index (χ0n) is 6.25. The van der Waals surface area contributed by atoms with Crippen molar-refractivity contribution in [2.75, 3.05) is 0 Å². The quantitative estimate of drug-likeness (QED) is 0.814. The molecule has 0 atom stereocenters. The van der Waals surface area contributed by atoms with Crippen molar-refractivity contribution < 1.29 is 19.1 Å². The van der Waals surface area contributed by atoms with E-state index in [1.807, 2.05) is 0 Å². The van der Waals surface area contributed by atoms with Crippen LogP contribution in [-0.4, -0.2) is 17.4 Å². The Morgan fingerprint density at radius 2 is 2.15 bits per heavy atom. The van der Waals surface area contributed by atoms with Crippen LogP contribution in [0.3, 0.4) is 0 Å². The van der Waals surface area contributed by atoms with Gasteiger partial charge in [-0.3, -0.25) is 4.79 Å². The Labute approximate surface area is 81.3 Å². The molecule has 0 aromatic heterocycles. The van der Waals surface area contributed by atoms with Crippen LogP contribution in [0, 0.1) is 5.82 Å². The van der Waals surface area contributed by atoms with Gasteiger partial charge in [0.2, 0.25) is 0 Å². The summed E-state index contributed by atoms with van der Waals surface area (Å²) in [5, 5.41) is 8.55. The minimum Gasteiger partial charge on any atom is -0.478 e. The zero-order valence-corrected chi connectivity index (χ0v) is 7.84. The van der Waals surface area contributed by atoms with E-state index in [2.05, 4.69) is 15.9 Å². The van der Waals surface area contributed by atoms with Gasteiger partial charge in [0.05, 0.1) is 0 Å². The van der Waals surface area contributed by atoms with Crippen molar-refractivity contribution in [2.45, 2.75) is 0 Å². The smallest absolute Gasteiger partial charge is 0.339 e. The van der Waals surface area contributed by atoms with Crippen LogP contribution in [0.2, 0.25) is 0 Å². The molecule has 0 saturated carbocycles. The van der Waals surface area contributed by atoms with E-state index >= 15 is 0 Å². The Bertz CT molecular complexity index is 376. The summed E-state index contributed by atoms with van der Waals surface area (Å²) in [6.45, 7) is 0. The first kappa shape index (κ1) is 9.85. The largest absolute Gasteiger partial charge is 0.478 e. The molecular formula is C8H4BrFO3. The van der Waals surface area contributed by atoms with Crippen molar-refractivity contribution in [1.82, 2.24) is 0 Å². The molecule has 0 fully saturated rings. The maximum Gasteiger partial charge on any atom is 0.339 e. The molecule has 0 aliphatic carbocycles. The maximum absolute atomic E-state index is 13.0. The molecule has 68 valence electrons. The molecule has 0 amide bonds. The monoisotopic (exact) mass is 246 g/mol. The van der Waals surface area contributed by atoms with E-state index in [4.69, 9.17) is 5.11 Å². The molecule has 1 aromatic rings. The number of rotatable bonds is 2. The van der Waals surface area contributed by atoms with Crippen molar-refractivity contribution in [3.05, 3.63) is 33.5 Å². The van der Waals surface area contributed by atoms with E-state index in [1.165, 1.54) is 6.07 Å². The first-order valence-electron chi connectivity index (χ1n) is 3.23. The molecule has 0 unspecified atom stereocenters. The summed E-state index contributed by atoms with van der Waals surface area (Å²) in [6.07, 6.45) is 0.303. The average molecular weight is 247 g/mol. The maximum atomic E-state index is 13.0. The lowest BCUT2D eigenvalue weighted by Crippen LogP contribution is -2.05. The van der Waals surface area contributed by atoms with Crippen LogP contribution in [0.15, 0.2) is 16.6 Å². The Morgan fingerprint density at radius 3 is 2.62 bits per heavy atom. The molecule has 13 heavy (non-hydrogen) atoms. The van der Waals surface area contributed by atoms with Gasteiger partial charge in [-0.15, -0.1) is 0 Å². The number of hydrogen-bond acceptors (Lipinski definition) is 2. The molecule has 0 spiro atoms. The molecule has 1 aromatic carbocycles. The van der Waals surface area contributed by atoms with Crippen molar-refractivity contribution in [1.29, 1.82) is 0 Å². The number of benzene rings is 1. The Hall–Kier alpha value is -1.23. The number of halogens is 2. The van der Waals surface area contributed by atoms with Crippen molar-refractivity contribution in [3.63, 3.8) is 0 Å². The van der Waals surface area contributed by atoms with Crippen LogP contribution < -0.4 is 0 Å². The van der Waals surface area contributed by atoms with E-state index in [-0.39, 0.29) is 5.56 Å². The predicted molar refractivity (Wildman–Crippen MR) is 46.4 cm³/mol. The van der Waals surface area contributed by atoms with Crippen LogP contribution in [0.5, 0.6) is 0 Å². The number of aromatic carboxylic acids is 1. The van der Waals surface area contributed by atoms with Gasteiger partial charge in [-0.25, -0.2) is 9.18 Å². The minimum atomic E-state index is -1.45. The summed E-state index contributed by atoms with van der Waals surface area (Å²) in [5.74, 6) is -2.38. The number of carboxylic acid groups (broad SMARTS) is 1. The number of hydrogen-bond donors (Lipinski definition) is 1. The molecule has 1 N–H and O–H groups in total. The van der Waals surface area contributed by atoms with Gasteiger partial charge in [0.25, 0.3) is 0 Å². The third-order valence-corrected chi connectivity index (χ3v) is 1.88. The van der Waals surface area contributed by atoms with Crippen LogP contribution in [-0.2, 0) is 0 Å². The van der Waals surface area contributed by atoms with Gasteiger partial charge in [0.15, 0.2) is 6.29 Å². The molecule has 0 heterocycles. The van der Waals surface area contributed by atoms with Crippen LogP contribution in [0.4, 0.5) is 4.39 Å². The van der Waals surface area contributed by atoms with Gasteiger partial charge >= 0.3 is 5.97 Å². The lowest BCUT2D eigenvalue weighted by atomic mass is 10.1. The van der Waals surface area contributed by atoms with Gasteiger partial charge in [0.1, 0.15) is 11.4 Å². The Balaban J connectivity index is 3.47. The Kier molecular flexibility index (Phi) is 2.77. The van der Waals surface area contributed by atoms with Gasteiger partial charge in [-0.05, 0) is 12.1 Å². The molecule has 0 radical (unpaired) electrons. The van der Waals surface area contributed by atoms with Gasteiger partial charge < -0.3 is 5.11 Å². The zero-order chi connectivity index (χ0) is 10.0. The molecule has 0 aliphatic rings. The number of carboxylic acids is 1. The normalized spacial score (nSPS) is 9.69. The Morgan fingerprint density at radius 1 is 1.54 bits per heavy atom. The van der Waals surface area contributed by atoms with Crippen molar-refractivity contribution >= 4 is 28.2 Å². The van der Waals surface area contributed by atoms with Crippen LogP contribution >= 0.6 is 15.9 Å². The second-order valence-electron chi connectivity index (χ2n) is 2.27. The number of carbonyl (C=O) groups is 2. The van der Waals surface area contributed by atoms with Crippen molar-refractivity contribution in [2.24, 2.45) is 0 Å². The highest BCUT2D eigenvalue weighted by molar-refractivity contribution is 9.10. The standard InChI is InChI=1S/C8H4BrFO3/c9-5-1-4(3-11)7(8(12)13)6(10)2-5/h1-3H,(H,12,13). The molecule has 1 rings (SSSR count). The summed E-state index contributed by atoms with van der Waals surface area (Å²) in [5.41, 5.74) is -0.780.